The van der Waals surface area contributed by atoms with Crippen molar-refractivity contribution in [3.8, 4) is 0 Å². The molecule has 2 amide bonds. The number of nitrogens with zero attached hydrogens (tertiary/aromatic N) is 1. The lowest BCUT2D eigenvalue weighted by Gasteiger charge is -2.26. The molecule has 31 heavy (non-hydrogen) atoms. The lowest BCUT2D eigenvalue weighted by Crippen LogP contribution is -2.47. The van der Waals surface area contributed by atoms with E-state index in [4.69, 9.17) is 0 Å². The zero-order valence-corrected chi connectivity index (χ0v) is 19.7. The van der Waals surface area contributed by atoms with Gasteiger partial charge in [-0.05, 0) is 48.6 Å². The molecule has 0 spiro atoms. The predicted molar refractivity (Wildman–Crippen MR) is 130 cm³/mol. The number of carbonyl (C=O) groups excluding carboxylic acids is 2. The molecule has 5 nitrogen and oxygen atoms in total. The summed E-state index contributed by atoms with van der Waals surface area (Å²) in [5.41, 5.74) is 4.57. The number of carbonyl (C=O) groups is 2. The maximum Gasteiger partial charge on any atom is 0.252 e. The van der Waals surface area contributed by atoms with Gasteiger partial charge in [-0.3, -0.25) is 14.5 Å². The Morgan fingerprint density at radius 1 is 1.03 bits per heavy atom. The Hall–Kier alpha value is -2.31. The van der Waals surface area contributed by atoms with Gasteiger partial charge in [0, 0.05) is 42.4 Å². The highest BCUT2D eigenvalue weighted by Gasteiger charge is 2.25. The van der Waals surface area contributed by atoms with Crippen molar-refractivity contribution in [1.29, 1.82) is 0 Å². The summed E-state index contributed by atoms with van der Waals surface area (Å²) in [6, 6.07) is 13.0. The molecule has 0 radical (unpaired) electrons. The van der Waals surface area contributed by atoms with Crippen LogP contribution in [0, 0.1) is 19.8 Å². The van der Waals surface area contributed by atoms with Gasteiger partial charge in [0.2, 0.25) is 5.91 Å². The minimum Gasteiger partial charge on any atom is -0.340 e. The van der Waals surface area contributed by atoms with E-state index in [-0.39, 0.29) is 17.7 Å². The summed E-state index contributed by atoms with van der Waals surface area (Å²) in [4.78, 5) is 28.2. The Kier molecular flexibility index (Phi) is 8.15. The summed E-state index contributed by atoms with van der Waals surface area (Å²) < 4.78 is 0. The quantitative estimate of drug-likeness (QED) is 0.677. The number of nitrogens with one attached hydrogen (secondary N) is 2. The van der Waals surface area contributed by atoms with Crippen LogP contribution in [-0.4, -0.2) is 47.4 Å². The normalized spacial score (nSPS) is 15.5. The minimum atomic E-state index is -0.614. The maximum atomic E-state index is 13.0. The van der Waals surface area contributed by atoms with Crippen LogP contribution in [0.3, 0.4) is 0 Å². The standard InChI is InChI=1S/C25H33N3O2S/c1-17(2)23(27-24(29)21-8-6-5-7-18(21)3)25(30)26-22-10-9-20(15-19(22)4)16-28-11-13-31-14-12-28/h5-10,15,17,23H,11-14,16H2,1-4H3,(H,26,30)(H,27,29). The lowest BCUT2D eigenvalue weighted by molar-refractivity contribution is -0.118. The summed E-state index contributed by atoms with van der Waals surface area (Å²) in [5, 5.41) is 5.94. The van der Waals surface area contributed by atoms with Crippen LogP contribution in [0.15, 0.2) is 42.5 Å². The van der Waals surface area contributed by atoms with Crippen LogP contribution in [0.5, 0.6) is 0 Å². The van der Waals surface area contributed by atoms with Gasteiger partial charge in [0.1, 0.15) is 6.04 Å². The molecule has 1 fully saturated rings. The van der Waals surface area contributed by atoms with Gasteiger partial charge in [0.05, 0.1) is 0 Å². The van der Waals surface area contributed by atoms with Crippen LogP contribution < -0.4 is 10.6 Å². The third-order valence-electron chi connectivity index (χ3n) is 5.68. The fourth-order valence-corrected chi connectivity index (χ4v) is 4.75. The highest BCUT2D eigenvalue weighted by Crippen LogP contribution is 2.20. The third kappa shape index (κ3) is 6.34. The monoisotopic (exact) mass is 439 g/mol. The van der Waals surface area contributed by atoms with E-state index in [1.54, 1.807) is 6.07 Å². The van der Waals surface area contributed by atoms with Crippen LogP contribution in [-0.2, 0) is 11.3 Å². The van der Waals surface area contributed by atoms with Crippen molar-refractivity contribution in [2.75, 3.05) is 29.9 Å². The van der Waals surface area contributed by atoms with E-state index in [2.05, 4.69) is 27.7 Å². The van der Waals surface area contributed by atoms with Gasteiger partial charge in [0.15, 0.2) is 0 Å². The average molecular weight is 440 g/mol. The van der Waals surface area contributed by atoms with Crippen molar-refractivity contribution in [2.45, 2.75) is 40.3 Å². The van der Waals surface area contributed by atoms with E-state index >= 15 is 0 Å². The van der Waals surface area contributed by atoms with Gasteiger partial charge in [0.25, 0.3) is 5.91 Å². The van der Waals surface area contributed by atoms with E-state index in [0.29, 0.717) is 5.56 Å². The second-order valence-electron chi connectivity index (χ2n) is 8.54. The summed E-state index contributed by atoms with van der Waals surface area (Å²) in [5.74, 6) is 1.93. The maximum absolute atomic E-state index is 13.0. The van der Waals surface area contributed by atoms with Crippen molar-refractivity contribution < 1.29 is 9.59 Å². The summed E-state index contributed by atoms with van der Waals surface area (Å²) in [6.45, 7) is 11.0. The zero-order chi connectivity index (χ0) is 22.4. The highest BCUT2D eigenvalue weighted by molar-refractivity contribution is 7.99. The Bertz CT molecular complexity index is 923. The number of hydrogen-bond donors (Lipinski definition) is 2. The molecule has 2 N–H and O–H groups in total. The molecular formula is C25H33N3O2S. The van der Waals surface area contributed by atoms with Crippen LogP contribution in [0.1, 0.15) is 40.9 Å². The SMILES string of the molecule is Cc1cc(CN2CCSCC2)ccc1NC(=O)C(NC(=O)c1ccccc1C)C(C)C. The highest BCUT2D eigenvalue weighted by atomic mass is 32.2. The van der Waals surface area contributed by atoms with Crippen LogP contribution >= 0.6 is 11.8 Å². The first-order valence-electron chi connectivity index (χ1n) is 10.9. The molecule has 1 unspecified atom stereocenters. The minimum absolute atomic E-state index is 0.0375. The van der Waals surface area contributed by atoms with E-state index in [9.17, 15) is 9.59 Å². The van der Waals surface area contributed by atoms with Crippen LogP contribution in [0.4, 0.5) is 5.69 Å². The smallest absolute Gasteiger partial charge is 0.252 e. The average Bonchev–Trinajstić information content (AvgIpc) is 2.74. The van der Waals surface area contributed by atoms with Gasteiger partial charge in [-0.1, -0.05) is 44.2 Å². The van der Waals surface area contributed by atoms with Gasteiger partial charge in [-0.2, -0.15) is 11.8 Å². The lowest BCUT2D eigenvalue weighted by atomic mass is 10.0. The molecule has 1 atom stereocenters. The Morgan fingerprint density at radius 2 is 1.74 bits per heavy atom. The van der Waals surface area contributed by atoms with Gasteiger partial charge >= 0.3 is 0 Å². The number of benzene rings is 2. The fourth-order valence-electron chi connectivity index (χ4n) is 3.77. The first-order chi connectivity index (χ1) is 14.8. The molecular weight excluding hydrogens is 406 g/mol. The first kappa shape index (κ1) is 23.4. The van der Waals surface area contributed by atoms with Gasteiger partial charge in [-0.25, -0.2) is 0 Å². The van der Waals surface area contributed by atoms with E-state index < -0.39 is 6.04 Å². The van der Waals surface area contributed by atoms with Crippen molar-refractivity contribution in [3.05, 3.63) is 64.7 Å². The molecule has 0 aliphatic carbocycles. The van der Waals surface area contributed by atoms with E-state index in [1.807, 2.05) is 63.7 Å². The zero-order valence-electron chi connectivity index (χ0n) is 18.9. The molecule has 1 saturated heterocycles. The summed E-state index contributed by atoms with van der Waals surface area (Å²) in [7, 11) is 0. The van der Waals surface area contributed by atoms with Gasteiger partial charge in [-0.15, -0.1) is 0 Å². The fraction of sp³-hybridized carbons (Fsp3) is 0.440. The largest absolute Gasteiger partial charge is 0.340 e. The topological polar surface area (TPSA) is 61.4 Å². The molecule has 0 aromatic heterocycles. The van der Waals surface area contributed by atoms with Gasteiger partial charge < -0.3 is 10.6 Å². The van der Waals surface area contributed by atoms with Crippen LogP contribution in [0.25, 0.3) is 0 Å². The van der Waals surface area contributed by atoms with E-state index in [0.717, 1.165) is 36.4 Å². The van der Waals surface area contributed by atoms with Crippen LogP contribution in [0.2, 0.25) is 0 Å². The number of amides is 2. The summed E-state index contributed by atoms with van der Waals surface area (Å²) >= 11 is 2.01. The van der Waals surface area contributed by atoms with E-state index in [1.165, 1.54) is 17.1 Å². The molecule has 2 aromatic rings. The molecule has 6 heteroatoms. The second kappa shape index (κ2) is 10.8. The molecule has 2 aromatic carbocycles. The molecule has 0 saturated carbocycles. The molecule has 1 aliphatic heterocycles. The third-order valence-corrected chi connectivity index (χ3v) is 6.63. The van der Waals surface area contributed by atoms with Crippen molar-refractivity contribution >= 4 is 29.3 Å². The number of thioether (sulfide) groups is 1. The Balaban J connectivity index is 1.66. The predicted octanol–water partition coefficient (Wildman–Crippen LogP) is 4.25. The number of aryl methyl sites for hydroxylation is 2. The Morgan fingerprint density at radius 3 is 2.39 bits per heavy atom. The second-order valence-corrected chi connectivity index (χ2v) is 9.76. The first-order valence-corrected chi connectivity index (χ1v) is 12.1. The molecule has 166 valence electrons. The number of anilines is 1. The number of hydrogen-bond acceptors (Lipinski definition) is 4. The van der Waals surface area contributed by atoms with Crippen molar-refractivity contribution in [3.63, 3.8) is 0 Å². The van der Waals surface area contributed by atoms with Crippen molar-refractivity contribution in [1.82, 2.24) is 10.2 Å². The summed E-state index contributed by atoms with van der Waals surface area (Å²) in [6.07, 6.45) is 0. The molecule has 1 heterocycles. The molecule has 1 aliphatic rings. The van der Waals surface area contributed by atoms with Crippen molar-refractivity contribution in [2.24, 2.45) is 5.92 Å². The molecule has 3 rings (SSSR count). The molecule has 0 bridgehead atoms. The Labute approximate surface area is 190 Å². The number of rotatable bonds is 7.